The third kappa shape index (κ3) is 11.1. The number of halogens is 3. The van der Waals surface area contributed by atoms with Gasteiger partial charge in [0.1, 0.15) is 0 Å². The lowest BCUT2D eigenvalue weighted by atomic mass is 10.1. The van der Waals surface area contributed by atoms with Crippen molar-refractivity contribution in [3.05, 3.63) is 0 Å². The predicted octanol–water partition coefficient (Wildman–Crippen LogP) is 1.44. The molecule has 0 aromatic carbocycles. The Kier molecular flexibility index (Phi) is 5.07. The van der Waals surface area contributed by atoms with Crippen LogP contribution in [-0.4, -0.2) is 30.7 Å². The Morgan fingerprint density at radius 2 is 1.73 bits per heavy atom. The van der Waals surface area contributed by atoms with Gasteiger partial charge in [-0.05, 0) is 20.8 Å². The number of carbonyl (C=O) groups excluding carboxylic acids is 1. The first-order valence-corrected chi connectivity index (χ1v) is 4.69. The first-order valence-electron chi connectivity index (χ1n) is 4.69. The van der Waals surface area contributed by atoms with E-state index in [-0.39, 0.29) is 24.5 Å². The number of amides is 1. The molecule has 0 spiro atoms. The van der Waals surface area contributed by atoms with E-state index >= 15 is 0 Å². The fraction of sp³-hybridized carbons (Fsp3) is 0.889. The van der Waals surface area contributed by atoms with E-state index in [4.69, 9.17) is 0 Å². The second kappa shape index (κ2) is 5.34. The molecule has 0 aromatic heterocycles. The van der Waals surface area contributed by atoms with E-state index in [9.17, 15) is 18.0 Å². The second-order valence-electron chi connectivity index (χ2n) is 4.34. The fourth-order valence-corrected chi connectivity index (χ4v) is 0.894. The van der Waals surface area contributed by atoms with Crippen molar-refractivity contribution in [2.24, 2.45) is 0 Å². The minimum atomic E-state index is -4.17. The van der Waals surface area contributed by atoms with Gasteiger partial charge >= 0.3 is 6.18 Å². The molecule has 0 fully saturated rings. The molecule has 0 aliphatic heterocycles. The molecule has 90 valence electrons. The molecule has 0 unspecified atom stereocenters. The van der Waals surface area contributed by atoms with Crippen LogP contribution >= 0.6 is 0 Å². The lowest BCUT2D eigenvalue weighted by Gasteiger charge is -2.20. The van der Waals surface area contributed by atoms with Gasteiger partial charge in [-0.15, -0.1) is 0 Å². The number of alkyl halides is 3. The Hall–Kier alpha value is -0.780. The number of hydrogen-bond acceptors (Lipinski definition) is 2. The summed E-state index contributed by atoms with van der Waals surface area (Å²) in [5.41, 5.74) is -0.358. The topological polar surface area (TPSA) is 41.1 Å². The van der Waals surface area contributed by atoms with E-state index < -0.39 is 12.6 Å². The number of carbonyl (C=O) groups is 1. The summed E-state index contributed by atoms with van der Waals surface area (Å²) in [4.78, 5) is 11.1. The normalized spacial score (nSPS) is 12.7. The molecule has 0 rings (SSSR count). The minimum Gasteiger partial charge on any atom is -0.350 e. The SMILES string of the molecule is CC(C)(C)NC(=O)CNCCC(F)(F)F. The molecule has 0 saturated carbocycles. The zero-order chi connectivity index (χ0) is 12.1. The van der Waals surface area contributed by atoms with Crippen molar-refractivity contribution in [3.8, 4) is 0 Å². The van der Waals surface area contributed by atoms with E-state index in [2.05, 4.69) is 10.6 Å². The average molecular weight is 226 g/mol. The standard InChI is InChI=1S/C9H17F3N2O/c1-8(2,3)14-7(15)6-13-5-4-9(10,11)12/h13H,4-6H2,1-3H3,(H,14,15). The van der Waals surface area contributed by atoms with Crippen LogP contribution in [0.3, 0.4) is 0 Å². The van der Waals surface area contributed by atoms with E-state index in [1.165, 1.54) is 0 Å². The summed E-state index contributed by atoms with van der Waals surface area (Å²) in [5, 5.41) is 5.07. The number of nitrogens with one attached hydrogen (secondary N) is 2. The maximum Gasteiger partial charge on any atom is 0.390 e. The molecule has 2 N–H and O–H groups in total. The predicted molar refractivity (Wildman–Crippen MR) is 51.4 cm³/mol. The summed E-state index contributed by atoms with van der Waals surface area (Å²) in [6.07, 6.45) is -5.09. The summed E-state index contributed by atoms with van der Waals surface area (Å²) < 4.78 is 35.1. The highest BCUT2D eigenvalue weighted by molar-refractivity contribution is 5.78. The molecule has 15 heavy (non-hydrogen) atoms. The summed E-state index contributed by atoms with van der Waals surface area (Å²) in [6, 6.07) is 0. The van der Waals surface area contributed by atoms with Crippen LogP contribution in [-0.2, 0) is 4.79 Å². The van der Waals surface area contributed by atoms with Crippen molar-refractivity contribution in [1.82, 2.24) is 10.6 Å². The van der Waals surface area contributed by atoms with Gasteiger partial charge in [-0.3, -0.25) is 4.79 Å². The lowest BCUT2D eigenvalue weighted by Crippen LogP contribution is -2.45. The van der Waals surface area contributed by atoms with Gasteiger partial charge < -0.3 is 10.6 Å². The van der Waals surface area contributed by atoms with E-state index in [1.54, 1.807) is 20.8 Å². The molecular weight excluding hydrogens is 209 g/mol. The third-order valence-electron chi connectivity index (χ3n) is 1.39. The molecule has 0 atom stereocenters. The van der Waals surface area contributed by atoms with Crippen LogP contribution in [0.15, 0.2) is 0 Å². The van der Waals surface area contributed by atoms with Crippen LogP contribution < -0.4 is 10.6 Å². The summed E-state index contributed by atoms with van der Waals surface area (Å²) in [6.45, 7) is 5.09. The molecule has 0 saturated heterocycles. The highest BCUT2D eigenvalue weighted by Crippen LogP contribution is 2.17. The Morgan fingerprint density at radius 3 is 2.13 bits per heavy atom. The number of rotatable bonds is 4. The van der Waals surface area contributed by atoms with E-state index in [1.807, 2.05) is 0 Å². The van der Waals surface area contributed by atoms with Gasteiger partial charge in [-0.25, -0.2) is 0 Å². The molecule has 0 bridgehead atoms. The van der Waals surface area contributed by atoms with Crippen LogP contribution in [0.5, 0.6) is 0 Å². The van der Waals surface area contributed by atoms with Crippen molar-refractivity contribution >= 4 is 5.91 Å². The van der Waals surface area contributed by atoms with Crippen molar-refractivity contribution < 1.29 is 18.0 Å². The highest BCUT2D eigenvalue weighted by atomic mass is 19.4. The van der Waals surface area contributed by atoms with Crippen molar-refractivity contribution in [1.29, 1.82) is 0 Å². The Bertz CT molecular complexity index is 208. The molecule has 0 aliphatic carbocycles. The smallest absolute Gasteiger partial charge is 0.350 e. The molecule has 3 nitrogen and oxygen atoms in total. The molecule has 0 heterocycles. The van der Waals surface area contributed by atoms with E-state index in [0.29, 0.717) is 0 Å². The van der Waals surface area contributed by atoms with E-state index in [0.717, 1.165) is 0 Å². The van der Waals surface area contributed by atoms with Gasteiger partial charge in [-0.2, -0.15) is 13.2 Å². The minimum absolute atomic E-state index is 0.0899. The molecule has 6 heteroatoms. The monoisotopic (exact) mass is 226 g/mol. The van der Waals surface area contributed by atoms with Crippen molar-refractivity contribution in [2.75, 3.05) is 13.1 Å². The molecule has 1 amide bonds. The summed E-state index contributed by atoms with van der Waals surface area (Å²) >= 11 is 0. The third-order valence-corrected chi connectivity index (χ3v) is 1.39. The van der Waals surface area contributed by atoms with Gasteiger partial charge in [0.05, 0.1) is 13.0 Å². The average Bonchev–Trinajstić information content (AvgIpc) is 1.92. The zero-order valence-corrected chi connectivity index (χ0v) is 9.16. The zero-order valence-electron chi connectivity index (χ0n) is 9.16. The quantitative estimate of drug-likeness (QED) is 0.712. The van der Waals surface area contributed by atoms with Gasteiger partial charge in [-0.1, -0.05) is 0 Å². The van der Waals surface area contributed by atoms with Crippen molar-refractivity contribution in [3.63, 3.8) is 0 Å². The Balaban J connectivity index is 3.57. The summed E-state index contributed by atoms with van der Waals surface area (Å²) in [5.74, 6) is -0.301. The van der Waals surface area contributed by atoms with Crippen LogP contribution in [0.2, 0.25) is 0 Å². The Morgan fingerprint density at radius 1 is 1.20 bits per heavy atom. The van der Waals surface area contributed by atoms with Crippen molar-refractivity contribution in [2.45, 2.75) is 38.9 Å². The van der Waals surface area contributed by atoms with Crippen LogP contribution in [0.1, 0.15) is 27.2 Å². The van der Waals surface area contributed by atoms with Crippen LogP contribution in [0, 0.1) is 0 Å². The maximum absolute atomic E-state index is 11.7. The van der Waals surface area contributed by atoms with Gasteiger partial charge in [0, 0.05) is 12.1 Å². The summed E-state index contributed by atoms with van der Waals surface area (Å²) in [7, 11) is 0. The molecular formula is C9H17F3N2O. The van der Waals surface area contributed by atoms with Crippen LogP contribution in [0.25, 0.3) is 0 Å². The lowest BCUT2D eigenvalue weighted by molar-refractivity contribution is -0.134. The first-order chi connectivity index (χ1) is 6.60. The largest absolute Gasteiger partial charge is 0.390 e. The highest BCUT2D eigenvalue weighted by Gasteiger charge is 2.26. The molecule has 0 radical (unpaired) electrons. The maximum atomic E-state index is 11.7. The first kappa shape index (κ1) is 14.2. The Labute approximate surface area is 87.4 Å². The second-order valence-corrected chi connectivity index (χ2v) is 4.34. The molecule has 0 aliphatic rings. The van der Waals surface area contributed by atoms with Gasteiger partial charge in [0.2, 0.25) is 5.91 Å². The molecule has 0 aromatic rings. The van der Waals surface area contributed by atoms with Gasteiger partial charge in [0.25, 0.3) is 0 Å². The van der Waals surface area contributed by atoms with Crippen LogP contribution in [0.4, 0.5) is 13.2 Å². The fourth-order valence-electron chi connectivity index (χ4n) is 0.894. The number of hydrogen-bond donors (Lipinski definition) is 2. The van der Waals surface area contributed by atoms with Gasteiger partial charge in [0.15, 0.2) is 0 Å².